The minimum absolute atomic E-state index is 0.146. The van der Waals surface area contributed by atoms with Gasteiger partial charge in [-0.25, -0.2) is 4.39 Å². The quantitative estimate of drug-likeness (QED) is 0.785. The number of amides is 1. The molecule has 0 saturated heterocycles. The summed E-state index contributed by atoms with van der Waals surface area (Å²) in [7, 11) is 1.62. The molecule has 0 bridgehead atoms. The Morgan fingerprint density at radius 2 is 2.25 bits per heavy atom. The highest BCUT2D eigenvalue weighted by atomic mass is 19.1. The first-order chi connectivity index (χ1) is 7.56. The van der Waals surface area contributed by atoms with Gasteiger partial charge in [0.2, 0.25) is 5.91 Å². The molecule has 84 valence electrons. The summed E-state index contributed by atoms with van der Waals surface area (Å²) in [5.74, 6) is -0.436. The second-order valence-corrected chi connectivity index (χ2v) is 3.54. The van der Waals surface area contributed by atoms with Gasteiger partial charge >= 0.3 is 0 Å². The first-order valence-corrected chi connectivity index (χ1v) is 4.96. The molecule has 3 nitrogen and oxygen atoms in total. The van der Waals surface area contributed by atoms with Crippen LogP contribution in [-0.2, 0) is 4.79 Å². The minimum atomic E-state index is -0.290. The predicted octanol–water partition coefficient (Wildman–Crippen LogP) is 2.40. The monoisotopic (exact) mass is 220 g/mol. The van der Waals surface area contributed by atoms with Gasteiger partial charge in [-0.15, -0.1) is 0 Å². The molecule has 0 aromatic heterocycles. The maximum absolute atomic E-state index is 13.0. The van der Waals surface area contributed by atoms with Crippen molar-refractivity contribution in [1.82, 2.24) is 0 Å². The molecule has 0 aliphatic carbocycles. The summed E-state index contributed by atoms with van der Waals surface area (Å²) < 4.78 is 13.0. The Balaban J connectivity index is 2.80. The van der Waals surface area contributed by atoms with E-state index in [9.17, 15) is 9.18 Å². The highest BCUT2D eigenvalue weighted by Gasteiger charge is 2.11. The second kappa shape index (κ2) is 5.26. The summed E-state index contributed by atoms with van der Waals surface area (Å²) in [6.45, 7) is 1.65. The van der Waals surface area contributed by atoms with Gasteiger partial charge in [-0.2, -0.15) is 5.26 Å². The molecule has 0 atom stereocenters. The van der Waals surface area contributed by atoms with Crippen molar-refractivity contribution in [2.45, 2.75) is 19.8 Å². The molecule has 0 unspecified atom stereocenters. The zero-order valence-electron chi connectivity index (χ0n) is 9.33. The Morgan fingerprint density at radius 1 is 1.56 bits per heavy atom. The van der Waals surface area contributed by atoms with Crippen molar-refractivity contribution in [3.63, 3.8) is 0 Å². The van der Waals surface area contributed by atoms with E-state index in [1.165, 1.54) is 11.0 Å². The number of halogens is 1. The standard InChI is InChI=1S/C12H13FN2O/c1-9-8-10(5-6-11(9)13)15(2)12(16)4-3-7-14/h5-6,8H,3-4H2,1-2H3. The predicted molar refractivity (Wildman–Crippen MR) is 59.4 cm³/mol. The van der Waals surface area contributed by atoms with E-state index in [1.807, 2.05) is 6.07 Å². The largest absolute Gasteiger partial charge is 0.315 e. The SMILES string of the molecule is Cc1cc(N(C)C(=O)CCC#N)ccc1F. The van der Waals surface area contributed by atoms with Crippen LogP contribution in [0.1, 0.15) is 18.4 Å². The van der Waals surface area contributed by atoms with Crippen molar-refractivity contribution in [2.75, 3.05) is 11.9 Å². The van der Waals surface area contributed by atoms with E-state index in [-0.39, 0.29) is 24.6 Å². The smallest absolute Gasteiger partial charge is 0.227 e. The lowest BCUT2D eigenvalue weighted by Gasteiger charge is -2.17. The molecule has 1 rings (SSSR count). The number of anilines is 1. The van der Waals surface area contributed by atoms with Gasteiger partial charge in [0.05, 0.1) is 6.07 Å². The molecular weight excluding hydrogens is 207 g/mol. The third-order valence-corrected chi connectivity index (χ3v) is 2.35. The first-order valence-electron chi connectivity index (χ1n) is 4.96. The number of aryl methyl sites for hydroxylation is 1. The van der Waals surface area contributed by atoms with Crippen molar-refractivity contribution in [3.8, 4) is 6.07 Å². The average molecular weight is 220 g/mol. The molecule has 0 heterocycles. The van der Waals surface area contributed by atoms with Gasteiger partial charge < -0.3 is 4.90 Å². The van der Waals surface area contributed by atoms with Crippen molar-refractivity contribution in [2.24, 2.45) is 0 Å². The van der Waals surface area contributed by atoms with Crippen LogP contribution in [0.25, 0.3) is 0 Å². The topological polar surface area (TPSA) is 44.1 Å². The Kier molecular flexibility index (Phi) is 4.01. The fourth-order valence-electron chi connectivity index (χ4n) is 1.31. The van der Waals surface area contributed by atoms with Crippen LogP contribution >= 0.6 is 0 Å². The molecule has 1 amide bonds. The van der Waals surface area contributed by atoms with Gasteiger partial charge in [-0.3, -0.25) is 4.79 Å². The van der Waals surface area contributed by atoms with Crippen molar-refractivity contribution < 1.29 is 9.18 Å². The number of carbonyl (C=O) groups excluding carboxylic acids is 1. The molecular formula is C12H13FN2O. The number of nitrogens with zero attached hydrogens (tertiary/aromatic N) is 2. The average Bonchev–Trinajstić information content (AvgIpc) is 2.28. The maximum atomic E-state index is 13.0. The van der Waals surface area contributed by atoms with Crippen LogP contribution in [0.15, 0.2) is 18.2 Å². The molecule has 0 aliphatic rings. The molecule has 1 aromatic carbocycles. The molecule has 0 saturated carbocycles. The van der Waals surface area contributed by atoms with E-state index >= 15 is 0 Å². The van der Waals surface area contributed by atoms with Crippen molar-refractivity contribution >= 4 is 11.6 Å². The van der Waals surface area contributed by atoms with Gasteiger partial charge in [0.15, 0.2) is 0 Å². The molecule has 16 heavy (non-hydrogen) atoms. The molecule has 0 spiro atoms. The lowest BCUT2D eigenvalue weighted by molar-refractivity contribution is -0.118. The van der Waals surface area contributed by atoms with Gasteiger partial charge in [0.25, 0.3) is 0 Å². The zero-order chi connectivity index (χ0) is 12.1. The van der Waals surface area contributed by atoms with Crippen LogP contribution in [0, 0.1) is 24.1 Å². The third kappa shape index (κ3) is 2.80. The van der Waals surface area contributed by atoms with Crippen molar-refractivity contribution in [1.29, 1.82) is 5.26 Å². The number of rotatable bonds is 3. The highest BCUT2D eigenvalue weighted by molar-refractivity contribution is 5.92. The summed E-state index contributed by atoms with van der Waals surface area (Å²) >= 11 is 0. The third-order valence-electron chi connectivity index (χ3n) is 2.35. The normalized spacial score (nSPS) is 9.62. The van der Waals surface area contributed by atoms with Crippen LogP contribution in [-0.4, -0.2) is 13.0 Å². The lowest BCUT2D eigenvalue weighted by atomic mass is 10.2. The number of carbonyl (C=O) groups is 1. The Bertz CT molecular complexity index is 437. The molecule has 0 aliphatic heterocycles. The number of hydrogen-bond donors (Lipinski definition) is 0. The first kappa shape index (κ1) is 12.2. The number of benzene rings is 1. The van der Waals surface area contributed by atoms with Crippen LogP contribution in [0.3, 0.4) is 0 Å². The van der Waals surface area contributed by atoms with Gasteiger partial charge in [-0.1, -0.05) is 0 Å². The summed E-state index contributed by atoms with van der Waals surface area (Å²) in [6, 6.07) is 6.41. The van der Waals surface area contributed by atoms with E-state index < -0.39 is 0 Å². The van der Waals surface area contributed by atoms with Crippen LogP contribution in [0.2, 0.25) is 0 Å². The Hall–Kier alpha value is -1.89. The summed E-state index contributed by atoms with van der Waals surface area (Å²) in [5.41, 5.74) is 1.14. The van der Waals surface area contributed by atoms with Gasteiger partial charge in [0.1, 0.15) is 5.82 Å². The molecule has 4 heteroatoms. The molecule has 0 radical (unpaired) electrons. The Labute approximate surface area is 94.1 Å². The Morgan fingerprint density at radius 3 is 2.81 bits per heavy atom. The zero-order valence-corrected chi connectivity index (χ0v) is 9.33. The van der Waals surface area contributed by atoms with Crippen LogP contribution in [0.4, 0.5) is 10.1 Å². The van der Waals surface area contributed by atoms with Crippen molar-refractivity contribution in [3.05, 3.63) is 29.6 Å². The second-order valence-electron chi connectivity index (χ2n) is 3.54. The summed E-state index contributed by atoms with van der Waals surface area (Å²) in [5, 5.41) is 8.38. The fourth-order valence-corrected chi connectivity index (χ4v) is 1.31. The highest BCUT2D eigenvalue weighted by Crippen LogP contribution is 2.18. The van der Waals surface area contributed by atoms with E-state index in [4.69, 9.17) is 5.26 Å². The van der Waals surface area contributed by atoms with E-state index in [0.29, 0.717) is 11.3 Å². The van der Waals surface area contributed by atoms with Crippen LogP contribution < -0.4 is 4.90 Å². The van der Waals surface area contributed by atoms with Gasteiger partial charge in [0, 0.05) is 25.6 Å². The van der Waals surface area contributed by atoms with E-state index in [1.54, 1.807) is 26.1 Å². The summed E-state index contributed by atoms with van der Waals surface area (Å²) in [4.78, 5) is 13.0. The number of nitriles is 1. The molecule has 0 N–H and O–H groups in total. The summed E-state index contributed by atoms with van der Waals surface area (Å²) in [6.07, 6.45) is 0.382. The van der Waals surface area contributed by atoms with Crippen LogP contribution in [0.5, 0.6) is 0 Å². The lowest BCUT2D eigenvalue weighted by Crippen LogP contribution is -2.25. The minimum Gasteiger partial charge on any atom is -0.315 e. The maximum Gasteiger partial charge on any atom is 0.227 e. The van der Waals surface area contributed by atoms with E-state index in [2.05, 4.69) is 0 Å². The molecule has 0 fully saturated rings. The fraction of sp³-hybridized carbons (Fsp3) is 0.333. The molecule has 1 aromatic rings. The van der Waals surface area contributed by atoms with Gasteiger partial charge in [-0.05, 0) is 30.7 Å². The number of hydrogen-bond acceptors (Lipinski definition) is 2. The van der Waals surface area contributed by atoms with E-state index in [0.717, 1.165) is 0 Å².